The smallest absolute Gasteiger partial charge is 0.245 e. The molecule has 1 aliphatic heterocycles. The van der Waals surface area contributed by atoms with Gasteiger partial charge in [0.15, 0.2) is 9.84 Å². The standard InChI is InChI=1S/C12H18N2O5S2/c1-19-10-3-4-12(11(13)9-10)21(17,18)14-5-2-7-20(15,16)8-6-14/h3-4,9H,2,5-8,13H2,1H3. The molecular formula is C12H18N2O5S2. The average molecular weight is 334 g/mol. The van der Waals surface area contributed by atoms with Crippen molar-refractivity contribution in [1.29, 1.82) is 0 Å². The van der Waals surface area contributed by atoms with E-state index < -0.39 is 19.9 Å². The molecule has 21 heavy (non-hydrogen) atoms. The van der Waals surface area contributed by atoms with Crippen LogP contribution in [0.15, 0.2) is 23.1 Å². The van der Waals surface area contributed by atoms with Crippen LogP contribution < -0.4 is 10.5 Å². The third-order valence-electron chi connectivity index (χ3n) is 3.35. The second-order valence-corrected chi connectivity index (χ2v) is 9.02. The Morgan fingerprint density at radius 2 is 1.95 bits per heavy atom. The van der Waals surface area contributed by atoms with Crippen molar-refractivity contribution in [2.75, 3.05) is 37.4 Å². The summed E-state index contributed by atoms with van der Waals surface area (Å²) in [6, 6.07) is 4.32. The maximum absolute atomic E-state index is 12.6. The SMILES string of the molecule is COc1ccc(S(=O)(=O)N2CCCS(=O)(=O)CC2)c(N)c1. The van der Waals surface area contributed by atoms with Gasteiger partial charge in [0.1, 0.15) is 10.6 Å². The van der Waals surface area contributed by atoms with E-state index in [4.69, 9.17) is 10.5 Å². The summed E-state index contributed by atoms with van der Waals surface area (Å²) >= 11 is 0. The van der Waals surface area contributed by atoms with Crippen molar-refractivity contribution in [3.8, 4) is 5.75 Å². The zero-order valence-corrected chi connectivity index (χ0v) is 13.3. The van der Waals surface area contributed by atoms with E-state index in [1.807, 2.05) is 0 Å². The molecule has 9 heteroatoms. The van der Waals surface area contributed by atoms with Crippen molar-refractivity contribution in [2.24, 2.45) is 0 Å². The van der Waals surface area contributed by atoms with Gasteiger partial charge in [-0.3, -0.25) is 0 Å². The van der Waals surface area contributed by atoms with Crippen LogP contribution in [0.5, 0.6) is 5.75 Å². The summed E-state index contributed by atoms with van der Waals surface area (Å²) in [6.45, 7) is 0.128. The van der Waals surface area contributed by atoms with Crippen LogP contribution in [0.1, 0.15) is 6.42 Å². The fourth-order valence-electron chi connectivity index (χ4n) is 2.18. The van der Waals surface area contributed by atoms with E-state index in [1.165, 1.54) is 29.6 Å². The molecule has 0 aromatic heterocycles. The quantitative estimate of drug-likeness (QED) is 0.785. The molecule has 0 amide bonds. The summed E-state index contributed by atoms with van der Waals surface area (Å²) in [7, 11) is -5.51. The van der Waals surface area contributed by atoms with Crippen LogP contribution in [0.3, 0.4) is 0 Å². The normalized spacial score (nSPS) is 19.9. The van der Waals surface area contributed by atoms with Crippen LogP contribution >= 0.6 is 0 Å². The molecule has 1 aromatic rings. The van der Waals surface area contributed by atoms with Gasteiger partial charge in [0, 0.05) is 19.2 Å². The van der Waals surface area contributed by atoms with Gasteiger partial charge in [0.25, 0.3) is 0 Å². The highest BCUT2D eigenvalue weighted by Crippen LogP contribution is 2.27. The van der Waals surface area contributed by atoms with E-state index in [2.05, 4.69) is 0 Å². The summed E-state index contributed by atoms with van der Waals surface area (Å²) in [4.78, 5) is -0.0254. The van der Waals surface area contributed by atoms with E-state index in [9.17, 15) is 16.8 Å². The molecule has 1 aromatic carbocycles. The zero-order valence-electron chi connectivity index (χ0n) is 11.6. The molecule has 0 unspecified atom stereocenters. The lowest BCUT2D eigenvalue weighted by atomic mass is 10.3. The zero-order chi connectivity index (χ0) is 15.7. The number of anilines is 1. The van der Waals surface area contributed by atoms with Crippen molar-refractivity contribution in [3.63, 3.8) is 0 Å². The molecule has 0 spiro atoms. The Balaban J connectivity index is 2.34. The molecule has 1 aliphatic rings. The lowest BCUT2D eigenvalue weighted by Gasteiger charge is -2.20. The number of ether oxygens (including phenoxy) is 1. The lowest BCUT2D eigenvalue weighted by Crippen LogP contribution is -2.34. The molecule has 0 radical (unpaired) electrons. The Morgan fingerprint density at radius 3 is 2.57 bits per heavy atom. The number of sulfone groups is 1. The number of benzene rings is 1. The lowest BCUT2D eigenvalue weighted by molar-refractivity contribution is 0.414. The van der Waals surface area contributed by atoms with Crippen LogP contribution in [-0.4, -0.2) is 52.8 Å². The van der Waals surface area contributed by atoms with Crippen molar-refractivity contribution in [1.82, 2.24) is 4.31 Å². The van der Waals surface area contributed by atoms with E-state index in [0.717, 1.165) is 0 Å². The van der Waals surface area contributed by atoms with Gasteiger partial charge in [-0.25, -0.2) is 16.8 Å². The summed E-state index contributed by atoms with van der Waals surface area (Å²) in [5.74, 6) is 0.309. The number of nitrogens with zero attached hydrogens (tertiary/aromatic N) is 1. The Morgan fingerprint density at radius 1 is 1.24 bits per heavy atom. The first-order valence-electron chi connectivity index (χ1n) is 6.40. The van der Waals surface area contributed by atoms with Crippen LogP contribution in [0.4, 0.5) is 5.69 Å². The van der Waals surface area contributed by atoms with E-state index in [1.54, 1.807) is 0 Å². The van der Waals surface area contributed by atoms with Crippen molar-refractivity contribution < 1.29 is 21.6 Å². The molecular weight excluding hydrogens is 316 g/mol. The molecule has 2 N–H and O–H groups in total. The molecule has 118 valence electrons. The second-order valence-electron chi connectivity index (χ2n) is 4.81. The minimum absolute atomic E-state index is 0.0110. The maximum atomic E-state index is 12.6. The van der Waals surface area contributed by atoms with E-state index in [0.29, 0.717) is 5.75 Å². The number of sulfonamides is 1. The van der Waals surface area contributed by atoms with Gasteiger partial charge < -0.3 is 10.5 Å². The molecule has 2 rings (SSSR count). The molecule has 0 bridgehead atoms. The number of methoxy groups -OCH3 is 1. The first-order valence-corrected chi connectivity index (χ1v) is 9.66. The molecule has 0 aliphatic carbocycles. The van der Waals surface area contributed by atoms with E-state index in [-0.39, 0.29) is 41.6 Å². The summed E-state index contributed by atoms with van der Waals surface area (Å²) in [6.07, 6.45) is 0.289. The highest BCUT2D eigenvalue weighted by atomic mass is 32.2. The van der Waals surface area contributed by atoms with Crippen molar-refractivity contribution >= 4 is 25.5 Å². The number of rotatable bonds is 3. The van der Waals surface area contributed by atoms with Crippen LogP contribution in [0.25, 0.3) is 0 Å². The first-order chi connectivity index (χ1) is 9.76. The molecule has 1 heterocycles. The minimum atomic E-state index is -3.80. The summed E-state index contributed by atoms with van der Waals surface area (Å²) < 4.78 is 54.5. The van der Waals surface area contributed by atoms with Gasteiger partial charge in [-0.1, -0.05) is 0 Å². The van der Waals surface area contributed by atoms with Gasteiger partial charge in [0.2, 0.25) is 10.0 Å². The molecule has 0 atom stereocenters. The third-order valence-corrected chi connectivity index (χ3v) is 7.04. The van der Waals surface area contributed by atoms with Gasteiger partial charge >= 0.3 is 0 Å². The predicted molar refractivity (Wildman–Crippen MR) is 79.4 cm³/mol. The monoisotopic (exact) mass is 334 g/mol. The fourth-order valence-corrected chi connectivity index (χ4v) is 5.15. The maximum Gasteiger partial charge on any atom is 0.245 e. The summed E-state index contributed by atoms with van der Waals surface area (Å²) in [5.41, 5.74) is 5.86. The minimum Gasteiger partial charge on any atom is -0.497 e. The van der Waals surface area contributed by atoms with Crippen molar-refractivity contribution in [2.45, 2.75) is 11.3 Å². The average Bonchev–Trinajstić information content (AvgIpc) is 2.59. The fraction of sp³-hybridized carbons (Fsp3) is 0.500. The topological polar surface area (TPSA) is 107 Å². The van der Waals surface area contributed by atoms with Gasteiger partial charge in [-0.15, -0.1) is 0 Å². The highest BCUT2D eigenvalue weighted by molar-refractivity contribution is 7.91. The molecule has 0 saturated carbocycles. The Hall–Kier alpha value is -1.32. The van der Waals surface area contributed by atoms with Gasteiger partial charge in [-0.2, -0.15) is 4.31 Å². The largest absolute Gasteiger partial charge is 0.497 e. The number of hydrogen-bond donors (Lipinski definition) is 1. The molecule has 1 saturated heterocycles. The molecule has 7 nitrogen and oxygen atoms in total. The number of nitrogen functional groups attached to an aromatic ring is 1. The number of nitrogens with two attached hydrogens (primary N) is 1. The van der Waals surface area contributed by atoms with Crippen LogP contribution in [0, 0.1) is 0 Å². The Bertz CT molecular complexity index is 728. The third kappa shape index (κ3) is 3.47. The van der Waals surface area contributed by atoms with Gasteiger partial charge in [0.05, 0.1) is 24.3 Å². The Labute approximate surface area is 124 Å². The number of hydrogen-bond acceptors (Lipinski definition) is 6. The Kier molecular flexibility index (Phi) is 4.45. The van der Waals surface area contributed by atoms with E-state index >= 15 is 0 Å². The van der Waals surface area contributed by atoms with Crippen LogP contribution in [-0.2, 0) is 19.9 Å². The second kappa shape index (κ2) is 5.82. The highest BCUT2D eigenvalue weighted by Gasteiger charge is 2.30. The predicted octanol–water partition coefficient (Wildman–Crippen LogP) is 0.0866. The van der Waals surface area contributed by atoms with Gasteiger partial charge in [-0.05, 0) is 18.6 Å². The molecule has 1 fully saturated rings. The van der Waals surface area contributed by atoms with Crippen LogP contribution in [0.2, 0.25) is 0 Å². The first kappa shape index (κ1) is 16.1. The van der Waals surface area contributed by atoms with Crippen molar-refractivity contribution in [3.05, 3.63) is 18.2 Å². The summed E-state index contributed by atoms with van der Waals surface area (Å²) in [5, 5.41) is 0.